The van der Waals surface area contributed by atoms with Crippen LogP contribution in [0.3, 0.4) is 0 Å². The van der Waals surface area contributed by atoms with Crippen molar-refractivity contribution < 1.29 is 4.52 Å². The summed E-state index contributed by atoms with van der Waals surface area (Å²) < 4.78 is 5.61. The van der Waals surface area contributed by atoms with E-state index in [1.165, 1.54) is 16.7 Å². The largest absolute Gasteiger partial charge is 0.384 e. The van der Waals surface area contributed by atoms with E-state index in [4.69, 9.17) is 16.3 Å². The SMILES string of the molecule is Cc1cc(C)c(O[P+](C)=S)c(C)c1. The van der Waals surface area contributed by atoms with Gasteiger partial charge in [0.2, 0.25) is 11.8 Å². The molecule has 0 saturated heterocycles. The summed E-state index contributed by atoms with van der Waals surface area (Å²) in [5, 5.41) is 0. The molecule has 0 spiro atoms. The van der Waals surface area contributed by atoms with Crippen LogP contribution in [0.15, 0.2) is 12.1 Å². The van der Waals surface area contributed by atoms with Crippen molar-refractivity contribution in [3.8, 4) is 5.75 Å². The first-order chi connectivity index (χ1) is 6.00. The van der Waals surface area contributed by atoms with Gasteiger partial charge < -0.3 is 0 Å². The van der Waals surface area contributed by atoms with Gasteiger partial charge in [0.1, 0.15) is 6.66 Å². The number of rotatable bonds is 2. The fraction of sp³-hybridized carbons (Fsp3) is 0.400. The van der Waals surface area contributed by atoms with Crippen LogP contribution in [0.1, 0.15) is 16.7 Å². The molecule has 3 heteroatoms. The van der Waals surface area contributed by atoms with E-state index in [1.807, 2.05) is 6.66 Å². The molecule has 70 valence electrons. The zero-order valence-electron chi connectivity index (χ0n) is 8.42. The van der Waals surface area contributed by atoms with E-state index in [0.717, 1.165) is 5.75 Å². The lowest BCUT2D eigenvalue weighted by molar-refractivity contribution is 0.621. The van der Waals surface area contributed by atoms with Crippen molar-refractivity contribution in [3.63, 3.8) is 0 Å². The van der Waals surface area contributed by atoms with Gasteiger partial charge in [0.15, 0.2) is 5.75 Å². The summed E-state index contributed by atoms with van der Waals surface area (Å²) in [6.45, 7) is 7.41. The Bertz CT molecular complexity index is 324. The lowest BCUT2D eigenvalue weighted by Gasteiger charge is -2.05. The molecule has 0 aliphatic heterocycles. The minimum absolute atomic E-state index is 0.735. The van der Waals surface area contributed by atoms with Gasteiger partial charge in [-0.15, -0.1) is 0 Å². The van der Waals surface area contributed by atoms with Crippen LogP contribution in [-0.4, -0.2) is 6.66 Å². The van der Waals surface area contributed by atoms with E-state index in [9.17, 15) is 0 Å². The molecule has 1 aromatic rings. The topological polar surface area (TPSA) is 9.23 Å². The smallest absolute Gasteiger partial charge is 0.277 e. The van der Waals surface area contributed by atoms with Gasteiger partial charge >= 0.3 is 6.92 Å². The first-order valence-corrected chi connectivity index (χ1v) is 6.89. The Labute approximate surface area is 85.6 Å². The molecule has 1 atom stereocenters. The fourth-order valence-electron chi connectivity index (χ4n) is 1.44. The fourth-order valence-corrected chi connectivity index (χ4v) is 2.21. The number of aryl methyl sites for hydroxylation is 3. The molecule has 1 unspecified atom stereocenters. The lowest BCUT2D eigenvalue weighted by Crippen LogP contribution is -1.89. The second-order valence-electron chi connectivity index (χ2n) is 3.26. The average molecular weight is 213 g/mol. The predicted molar refractivity (Wildman–Crippen MR) is 61.5 cm³/mol. The Balaban J connectivity index is 3.13. The van der Waals surface area contributed by atoms with Crippen molar-refractivity contribution in [1.82, 2.24) is 0 Å². The normalized spacial score (nSPS) is 11.2. The highest BCUT2D eigenvalue weighted by molar-refractivity contribution is 8.02. The lowest BCUT2D eigenvalue weighted by atomic mass is 10.1. The molecule has 1 rings (SSSR count). The summed E-state index contributed by atoms with van der Waals surface area (Å²) in [4.78, 5) is 0. The molecule has 1 nitrogen and oxygen atoms in total. The molecule has 0 amide bonds. The third-order valence-electron chi connectivity index (χ3n) is 1.82. The second-order valence-corrected chi connectivity index (χ2v) is 5.86. The zero-order chi connectivity index (χ0) is 10.0. The van der Waals surface area contributed by atoms with Crippen molar-refractivity contribution in [2.24, 2.45) is 0 Å². The molecule has 1 aromatic carbocycles. The van der Waals surface area contributed by atoms with E-state index in [1.54, 1.807) is 0 Å². The van der Waals surface area contributed by atoms with E-state index in [-0.39, 0.29) is 0 Å². The maximum atomic E-state index is 5.61. The third kappa shape index (κ3) is 2.75. The molecule has 0 radical (unpaired) electrons. The molecule has 0 heterocycles. The van der Waals surface area contributed by atoms with Gasteiger partial charge in [0.25, 0.3) is 0 Å². The van der Waals surface area contributed by atoms with Crippen LogP contribution in [0.2, 0.25) is 0 Å². The molecule has 0 aliphatic carbocycles. The summed E-state index contributed by atoms with van der Waals surface area (Å²) >= 11 is 5.06. The summed E-state index contributed by atoms with van der Waals surface area (Å²) in [7, 11) is 0. The third-order valence-corrected chi connectivity index (χ3v) is 2.49. The van der Waals surface area contributed by atoms with Crippen LogP contribution >= 0.6 is 6.92 Å². The summed E-state index contributed by atoms with van der Waals surface area (Å²) in [6, 6.07) is 4.24. The van der Waals surface area contributed by atoms with Crippen LogP contribution in [0.4, 0.5) is 0 Å². The van der Waals surface area contributed by atoms with Gasteiger partial charge in [0.05, 0.1) is 0 Å². The minimum Gasteiger partial charge on any atom is -0.277 e. The maximum absolute atomic E-state index is 5.61. The zero-order valence-corrected chi connectivity index (χ0v) is 10.1. The molecular formula is C10H14OPS+. The highest BCUT2D eigenvalue weighted by atomic mass is 32.4. The van der Waals surface area contributed by atoms with E-state index < -0.39 is 6.92 Å². The Kier molecular flexibility index (Phi) is 3.40. The monoisotopic (exact) mass is 213 g/mol. The highest BCUT2D eigenvalue weighted by Crippen LogP contribution is 2.31. The Morgan fingerprint density at radius 1 is 1.15 bits per heavy atom. The number of hydrogen-bond acceptors (Lipinski definition) is 2. The van der Waals surface area contributed by atoms with E-state index >= 15 is 0 Å². The highest BCUT2D eigenvalue weighted by Gasteiger charge is 2.11. The Morgan fingerprint density at radius 2 is 1.62 bits per heavy atom. The maximum Gasteiger partial charge on any atom is 0.384 e. The summed E-state index contributed by atoms with van der Waals surface area (Å²) in [6.07, 6.45) is 0. The number of benzene rings is 1. The molecule has 0 N–H and O–H groups in total. The van der Waals surface area contributed by atoms with Crippen LogP contribution < -0.4 is 4.52 Å². The predicted octanol–water partition coefficient (Wildman–Crippen LogP) is 3.48. The van der Waals surface area contributed by atoms with Gasteiger partial charge in [-0.2, -0.15) is 0 Å². The molecule has 0 fully saturated rings. The van der Waals surface area contributed by atoms with Crippen molar-refractivity contribution in [3.05, 3.63) is 28.8 Å². The van der Waals surface area contributed by atoms with Crippen molar-refractivity contribution >= 4 is 18.7 Å². The van der Waals surface area contributed by atoms with Crippen molar-refractivity contribution in [1.29, 1.82) is 0 Å². The van der Waals surface area contributed by atoms with Crippen LogP contribution in [0.5, 0.6) is 5.75 Å². The number of hydrogen-bond donors (Lipinski definition) is 0. The van der Waals surface area contributed by atoms with Crippen molar-refractivity contribution in [2.75, 3.05) is 6.66 Å². The Hall–Kier alpha value is -0.460. The molecule has 0 aliphatic rings. The standard InChI is InChI=1S/C10H14OPS/c1-7-5-8(2)10(9(3)6-7)11-12(4)13/h5-6H,1-4H3/q+1. The Morgan fingerprint density at radius 3 is 2.00 bits per heavy atom. The van der Waals surface area contributed by atoms with Crippen LogP contribution in [0.25, 0.3) is 0 Å². The molecule has 0 bridgehead atoms. The minimum atomic E-state index is -0.735. The molecular weight excluding hydrogens is 199 g/mol. The summed E-state index contributed by atoms with van der Waals surface area (Å²) in [5.41, 5.74) is 3.63. The van der Waals surface area contributed by atoms with Gasteiger partial charge in [-0.3, -0.25) is 4.52 Å². The van der Waals surface area contributed by atoms with Gasteiger partial charge in [-0.05, 0) is 31.9 Å². The molecule has 0 aromatic heterocycles. The van der Waals surface area contributed by atoms with Crippen molar-refractivity contribution in [2.45, 2.75) is 20.8 Å². The average Bonchev–Trinajstić information content (AvgIpc) is 1.96. The van der Waals surface area contributed by atoms with E-state index in [0.29, 0.717) is 0 Å². The summed E-state index contributed by atoms with van der Waals surface area (Å²) in [5.74, 6) is 0.967. The van der Waals surface area contributed by atoms with Gasteiger partial charge in [0, 0.05) is 0 Å². The van der Waals surface area contributed by atoms with E-state index in [2.05, 4.69) is 32.9 Å². The van der Waals surface area contributed by atoms with Gasteiger partial charge in [-0.1, -0.05) is 17.7 Å². The van der Waals surface area contributed by atoms with Crippen LogP contribution in [0, 0.1) is 20.8 Å². The van der Waals surface area contributed by atoms with Gasteiger partial charge in [-0.25, -0.2) is 0 Å². The first-order valence-electron chi connectivity index (χ1n) is 4.17. The van der Waals surface area contributed by atoms with Crippen LogP contribution in [-0.2, 0) is 11.8 Å². The first kappa shape index (κ1) is 10.6. The second kappa shape index (κ2) is 4.17. The quantitative estimate of drug-likeness (QED) is 0.695. The molecule has 13 heavy (non-hydrogen) atoms. The molecule has 0 saturated carbocycles.